The molecule has 0 amide bonds. The zero-order valence-electron chi connectivity index (χ0n) is 19.2. The molecule has 1 aliphatic rings. The normalized spacial score (nSPS) is 13.4. The van der Waals surface area contributed by atoms with E-state index in [-0.39, 0.29) is 30.2 Å². The molecule has 0 unspecified atom stereocenters. The number of rotatable bonds is 8. The number of alkyl halides is 3. The highest BCUT2D eigenvalue weighted by atomic mass is 31.2. The summed E-state index contributed by atoms with van der Waals surface area (Å²) in [4.78, 5) is 17.4. The first-order valence-electron chi connectivity index (χ1n) is 11.3. The molecular weight excluding hydrogens is 514 g/mol. The predicted molar refractivity (Wildman–Crippen MR) is 125 cm³/mol. The number of phosphoric ester groups is 1. The summed E-state index contributed by atoms with van der Waals surface area (Å²) in [5.41, 5.74) is 2.45. The van der Waals surface area contributed by atoms with Gasteiger partial charge in [0, 0.05) is 29.8 Å². The Kier molecular flexibility index (Phi) is 6.78. The fourth-order valence-electron chi connectivity index (χ4n) is 4.36. The lowest BCUT2D eigenvalue weighted by atomic mass is 9.87. The van der Waals surface area contributed by atoms with E-state index in [1.807, 2.05) is 18.2 Å². The van der Waals surface area contributed by atoms with Crippen LogP contribution in [0.2, 0.25) is 0 Å². The number of hydrogen-bond donors (Lipinski definition) is 3. The maximum Gasteiger partial charge on any atom is 0.469 e. The number of phosphoric acid groups is 1. The third kappa shape index (κ3) is 5.39. The molecule has 0 fully saturated rings. The summed E-state index contributed by atoms with van der Waals surface area (Å²) < 4.78 is 68.1. The van der Waals surface area contributed by atoms with Crippen LogP contribution in [0.3, 0.4) is 0 Å². The monoisotopic (exact) mass is 535 g/mol. The van der Waals surface area contributed by atoms with Crippen LogP contribution in [0.25, 0.3) is 34.0 Å². The van der Waals surface area contributed by atoms with E-state index in [2.05, 4.69) is 20.2 Å². The van der Waals surface area contributed by atoms with Gasteiger partial charge >= 0.3 is 14.0 Å². The smallest absolute Gasteiger partial charge is 0.355 e. The van der Waals surface area contributed by atoms with E-state index >= 15 is 0 Å². The molecule has 2 heterocycles. The lowest BCUT2D eigenvalue weighted by Crippen LogP contribution is -2.19. The van der Waals surface area contributed by atoms with Crippen LogP contribution in [-0.2, 0) is 34.7 Å². The van der Waals surface area contributed by atoms with E-state index in [0.29, 0.717) is 30.6 Å². The van der Waals surface area contributed by atoms with Gasteiger partial charge in [0.1, 0.15) is 11.3 Å². The van der Waals surface area contributed by atoms with Crippen LogP contribution in [0.15, 0.2) is 57.6 Å². The van der Waals surface area contributed by atoms with Gasteiger partial charge in [-0.1, -0.05) is 58.8 Å². The molecular formula is C24H21F3N3O6P. The van der Waals surface area contributed by atoms with Gasteiger partial charge in [-0.2, -0.15) is 13.2 Å². The van der Waals surface area contributed by atoms with Crippen LogP contribution < -0.4 is 5.32 Å². The standard InChI is InChI=1S/C24H21F3N3O6P/c25-24(26,27)19-21(30-35-22(19)15-4-2-1-3-5-15)23-18-9-7-16-12-14(6-8-17(16)20(18)29-36-23)13-28-10-11-34-37(31,32)33/h1-6,8,12,28H,7,9-11,13H2,(H2,31,32,33). The second-order valence-electron chi connectivity index (χ2n) is 8.43. The maximum absolute atomic E-state index is 14.1. The molecule has 4 aromatic rings. The van der Waals surface area contributed by atoms with E-state index in [1.54, 1.807) is 18.2 Å². The predicted octanol–water partition coefficient (Wildman–Crippen LogP) is 4.98. The molecule has 0 atom stereocenters. The molecule has 1 aliphatic carbocycles. The molecule has 0 saturated heterocycles. The molecule has 0 aliphatic heterocycles. The third-order valence-corrected chi connectivity index (χ3v) is 6.47. The molecule has 3 N–H and O–H groups in total. The highest BCUT2D eigenvalue weighted by molar-refractivity contribution is 7.46. The van der Waals surface area contributed by atoms with Gasteiger partial charge in [0.05, 0.1) is 6.61 Å². The van der Waals surface area contributed by atoms with Gasteiger partial charge in [0.15, 0.2) is 17.2 Å². The number of hydrogen-bond acceptors (Lipinski definition) is 7. The highest BCUT2D eigenvalue weighted by Crippen LogP contribution is 2.46. The van der Waals surface area contributed by atoms with Crippen molar-refractivity contribution in [2.24, 2.45) is 0 Å². The van der Waals surface area contributed by atoms with Crippen LogP contribution in [-0.4, -0.2) is 33.3 Å². The summed E-state index contributed by atoms with van der Waals surface area (Å²) in [6, 6.07) is 13.6. The molecule has 5 rings (SSSR count). The van der Waals surface area contributed by atoms with E-state index in [1.165, 1.54) is 12.1 Å². The minimum Gasteiger partial charge on any atom is -0.355 e. The van der Waals surface area contributed by atoms with Crippen LogP contribution >= 0.6 is 7.82 Å². The summed E-state index contributed by atoms with van der Waals surface area (Å²) in [5.74, 6) is -0.442. The van der Waals surface area contributed by atoms with Crippen molar-refractivity contribution >= 4 is 7.82 Å². The van der Waals surface area contributed by atoms with Crippen molar-refractivity contribution in [3.63, 3.8) is 0 Å². The van der Waals surface area contributed by atoms with Crippen LogP contribution in [0.1, 0.15) is 22.3 Å². The third-order valence-electron chi connectivity index (χ3n) is 5.95. The minimum absolute atomic E-state index is 0.0605. The van der Waals surface area contributed by atoms with Crippen molar-refractivity contribution in [2.45, 2.75) is 25.6 Å². The van der Waals surface area contributed by atoms with E-state index in [9.17, 15) is 17.7 Å². The second kappa shape index (κ2) is 9.88. The van der Waals surface area contributed by atoms with Crippen molar-refractivity contribution in [3.05, 3.63) is 70.8 Å². The Balaban J connectivity index is 1.41. The van der Waals surface area contributed by atoms with Crippen molar-refractivity contribution in [1.29, 1.82) is 0 Å². The Morgan fingerprint density at radius 2 is 1.73 bits per heavy atom. The van der Waals surface area contributed by atoms with Crippen LogP contribution in [0.4, 0.5) is 13.2 Å². The average Bonchev–Trinajstić information content (AvgIpc) is 3.48. The van der Waals surface area contributed by atoms with Gasteiger partial charge in [-0.15, -0.1) is 0 Å². The number of nitrogens with one attached hydrogen (secondary N) is 1. The largest absolute Gasteiger partial charge is 0.469 e. The topological polar surface area (TPSA) is 131 Å². The molecule has 0 bridgehead atoms. The summed E-state index contributed by atoms with van der Waals surface area (Å²) in [6.07, 6.45) is -3.78. The fraction of sp³-hybridized carbons (Fsp3) is 0.250. The summed E-state index contributed by atoms with van der Waals surface area (Å²) in [7, 11) is -4.50. The molecule has 9 nitrogen and oxygen atoms in total. The summed E-state index contributed by atoms with van der Waals surface area (Å²) >= 11 is 0. The van der Waals surface area contributed by atoms with E-state index in [0.717, 1.165) is 16.7 Å². The van der Waals surface area contributed by atoms with Gasteiger partial charge < -0.3 is 24.1 Å². The van der Waals surface area contributed by atoms with Crippen LogP contribution in [0.5, 0.6) is 0 Å². The Labute approximate surface area is 208 Å². The van der Waals surface area contributed by atoms with E-state index in [4.69, 9.17) is 18.8 Å². The lowest BCUT2D eigenvalue weighted by molar-refractivity contribution is -0.136. The number of nitrogens with zero attached hydrogens (tertiary/aromatic N) is 2. The molecule has 194 valence electrons. The highest BCUT2D eigenvalue weighted by Gasteiger charge is 2.43. The molecule has 2 aromatic carbocycles. The van der Waals surface area contributed by atoms with Gasteiger partial charge in [0.2, 0.25) is 0 Å². The average molecular weight is 535 g/mol. The first-order chi connectivity index (χ1) is 17.6. The van der Waals surface area contributed by atoms with Crippen LogP contribution in [0, 0.1) is 0 Å². The first-order valence-corrected chi connectivity index (χ1v) is 12.8. The Bertz CT molecular complexity index is 1460. The molecule has 0 spiro atoms. The van der Waals surface area contributed by atoms with Crippen molar-refractivity contribution in [3.8, 4) is 34.0 Å². The van der Waals surface area contributed by atoms with Gasteiger partial charge in [-0.05, 0) is 24.0 Å². The van der Waals surface area contributed by atoms with E-state index < -0.39 is 25.3 Å². The molecule has 2 aromatic heterocycles. The minimum atomic E-state index is -4.73. The fourth-order valence-corrected chi connectivity index (χ4v) is 4.69. The van der Waals surface area contributed by atoms with Crippen molar-refractivity contribution in [2.75, 3.05) is 13.2 Å². The van der Waals surface area contributed by atoms with Crippen molar-refractivity contribution in [1.82, 2.24) is 15.6 Å². The van der Waals surface area contributed by atoms with Gasteiger partial charge in [0.25, 0.3) is 0 Å². The van der Waals surface area contributed by atoms with Crippen molar-refractivity contribution < 1.29 is 41.1 Å². The Morgan fingerprint density at radius 3 is 2.46 bits per heavy atom. The zero-order valence-corrected chi connectivity index (χ0v) is 20.1. The number of aromatic nitrogens is 2. The molecule has 0 saturated carbocycles. The zero-order chi connectivity index (χ0) is 26.2. The number of fused-ring (bicyclic) bond motifs is 3. The summed E-state index contributed by atoms with van der Waals surface area (Å²) in [6.45, 7) is 0.530. The quantitative estimate of drug-likeness (QED) is 0.211. The maximum atomic E-state index is 14.1. The Hall–Kier alpha value is -3.28. The van der Waals surface area contributed by atoms with Gasteiger partial charge in [-0.25, -0.2) is 4.57 Å². The number of halogens is 3. The first kappa shape index (κ1) is 25.4. The molecule has 0 radical (unpaired) electrons. The molecule has 13 heteroatoms. The summed E-state index contributed by atoms with van der Waals surface area (Å²) in [5, 5.41) is 10.9. The second-order valence-corrected chi connectivity index (χ2v) is 9.67. The molecule has 37 heavy (non-hydrogen) atoms. The van der Waals surface area contributed by atoms with Gasteiger partial charge in [-0.3, -0.25) is 4.52 Å². The number of benzene rings is 2. The lowest BCUT2D eigenvalue weighted by Gasteiger charge is -2.17. The SMILES string of the molecule is O=P(O)(O)OCCNCc1ccc2c(c1)CCc1c-2noc1-c1noc(-c2ccccc2)c1C(F)(F)F. The Morgan fingerprint density at radius 1 is 1.00 bits per heavy atom. The number of aryl methyl sites for hydroxylation is 1.